The summed E-state index contributed by atoms with van der Waals surface area (Å²) in [5, 5.41) is 0. The number of terminal acetylenes is 3. The maximum atomic E-state index is 13.5. The third kappa shape index (κ3) is 17.7. The molecule has 4 atom stereocenters. The molecule has 24 nitrogen and oxygen atoms in total. The van der Waals surface area contributed by atoms with Gasteiger partial charge in [0.2, 0.25) is 12.1 Å². The molecule has 0 saturated heterocycles. The summed E-state index contributed by atoms with van der Waals surface area (Å²) in [6.45, 7) is 6.72. The topological polar surface area (TPSA) is 257 Å². The van der Waals surface area contributed by atoms with Gasteiger partial charge in [-0.1, -0.05) is 121 Å². The Balaban J connectivity index is 0.000000217. The molecule has 4 aliphatic rings. The first kappa shape index (κ1) is 78.2. The molecule has 0 aliphatic carbocycles. The van der Waals surface area contributed by atoms with Gasteiger partial charge in [0, 0.05) is 72.7 Å². The summed E-state index contributed by atoms with van der Waals surface area (Å²) in [5.41, 5.74) is 14.3. The van der Waals surface area contributed by atoms with Crippen LogP contribution in [0.15, 0.2) is 166 Å². The normalized spacial score (nSPS) is 16.5. The van der Waals surface area contributed by atoms with Crippen LogP contribution in [0.1, 0.15) is 93.2 Å². The fourth-order valence-corrected chi connectivity index (χ4v) is 14.2. The number of aryl methyl sites for hydroxylation is 4. The van der Waals surface area contributed by atoms with Gasteiger partial charge in [0.25, 0.3) is 23.6 Å². The lowest BCUT2D eigenvalue weighted by Crippen LogP contribution is -2.40. The first-order valence-electron chi connectivity index (χ1n) is 33.9. The van der Waals surface area contributed by atoms with Crippen LogP contribution in [-0.2, 0) is 76.7 Å². The molecule has 6 aromatic carbocycles. The minimum atomic E-state index is -1.51. The molecular weight excluding hydrogens is 1430 g/mol. The molecule has 4 unspecified atom stereocenters. The Hall–Kier alpha value is -11.9. The van der Waals surface area contributed by atoms with Crippen molar-refractivity contribution >= 4 is 104 Å². The van der Waals surface area contributed by atoms with E-state index in [-0.39, 0.29) is 52.2 Å². The standard InChI is InChI=1S/C43H38N4O8.C40H36N4O8S2/c1-7-29-17-19-36-33(21-29)38(31-15-11-9-13-27(31)3)44-35(41(48)46(36)5)23-54-55-26-52-24-51-25-53-43(50)40-42(49)47(6)37-20-18-30(8-2)22-34(37)39(45-40)32-16-12-10-14-28(32)4;1-7-13-27-19-32-36(54-27)33(28-16-11-9-14-24(28)3)41-30(38(45)43(32)5)20-51-52-23-49-21-48-22-50-40(47)35-39(46)44(6)31-18-26(8-2)53-37(31)34(42-35)29-17-12-10-15-25(29)4/h1-2,9-22,35,40H,23-26H2,3-6H3;2,9-12,14-19,30,35H,20-23H2,1,3-6H3. The van der Waals surface area contributed by atoms with Gasteiger partial charge in [0.15, 0.2) is 52.8 Å². The predicted octanol–water partition coefficient (Wildman–Crippen LogP) is 9.97. The predicted molar refractivity (Wildman–Crippen MR) is 414 cm³/mol. The highest BCUT2D eigenvalue weighted by Crippen LogP contribution is 2.39. The van der Waals surface area contributed by atoms with Crippen LogP contribution in [-0.4, -0.2) is 165 Å². The molecule has 4 aliphatic heterocycles. The Morgan fingerprint density at radius 1 is 0.404 bits per heavy atom. The van der Waals surface area contributed by atoms with Gasteiger partial charge >= 0.3 is 11.9 Å². The molecule has 4 amide bonds. The van der Waals surface area contributed by atoms with Gasteiger partial charge in [-0.2, -0.15) is 0 Å². The van der Waals surface area contributed by atoms with Crippen molar-refractivity contribution in [2.45, 2.75) is 58.8 Å². The van der Waals surface area contributed by atoms with Gasteiger partial charge in [-0.15, -0.1) is 47.9 Å². The van der Waals surface area contributed by atoms with E-state index in [2.05, 4.69) is 39.6 Å². The molecule has 0 radical (unpaired) electrons. The Bertz CT molecular complexity index is 5180. The van der Waals surface area contributed by atoms with E-state index in [9.17, 15) is 28.8 Å². The number of ether oxygens (including phenoxy) is 6. The first-order valence-corrected chi connectivity index (χ1v) is 35.6. The number of anilines is 4. The highest BCUT2D eigenvalue weighted by Gasteiger charge is 2.40. The van der Waals surface area contributed by atoms with E-state index in [1.165, 1.54) is 37.4 Å². The lowest BCUT2D eigenvalue weighted by Gasteiger charge is -2.20. The van der Waals surface area contributed by atoms with Gasteiger partial charge in [-0.25, -0.2) is 29.1 Å². The van der Waals surface area contributed by atoms with Crippen molar-refractivity contribution < 1.29 is 76.7 Å². The molecule has 554 valence electrons. The molecule has 109 heavy (non-hydrogen) atoms. The summed E-state index contributed by atoms with van der Waals surface area (Å²) in [4.78, 5) is 129. The molecule has 12 rings (SSSR count). The second-order valence-corrected chi connectivity index (χ2v) is 26.9. The number of hydrogen-bond acceptors (Lipinski definition) is 22. The third-order valence-electron chi connectivity index (χ3n) is 17.8. The molecule has 8 aromatic rings. The van der Waals surface area contributed by atoms with Crippen LogP contribution in [0.5, 0.6) is 0 Å². The average molecular weight is 1500 g/mol. The second-order valence-electron chi connectivity index (χ2n) is 24.8. The molecule has 0 bridgehead atoms. The minimum absolute atomic E-state index is 0.178. The zero-order valence-electron chi connectivity index (χ0n) is 61.0. The number of fused-ring (bicyclic) bond motifs is 4. The van der Waals surface area contributed by atoms with Crippen molar-refractivity contribution in [1.82, 2.24) is 0 Å². The maximum absolute atomic E-state index is 13.5. The summed E-state index contributed by atoms with van der Waals surface area (Å²) in [5.74, 6) is 10.4. The van der Waals surface area contributed by atoms with E-state index in [1.54, 1.807) is 76.4 Å². The maximum Gasteiger partial charge on any atom is 0.342 e. The van der Waals surface area contributed by atoms with Crippen molar-refractivity contribution in [3.63, 3.8) is 0 Å². The second kappa shape index (κ2) is 36.2. The first-order chi connectivity index (χ1) is 52.7. The number of carbonyl (C=O) groups is 6. The van der Waals surface area contributed by atoms with E-state index in [1.807, 2.05) is 137 Å². The number of amides is 4. The van der Waals surface area contributed by atoms with Crippen molar-refractivity contribution in [1.29, 1.82) is 0 Å². The van der Waals surface area contributed by atoms with Gasteiger partial charge in [-0.05, 0) is 105 Å². The van der Waals surface area contributed by atoms with E-state index >= 15 is 0 Å². The number of benzodiazepines with no additional fused rings is 2. The van der Waals surface area contributed by atoms with Gasteiger partial charge < -0.3 is 48.0 Å². The summed E-state index contributed by atoms with van der Waals surface area (Å²) >= 11 is 2.79. The van der Waals surface area contributed by atoms with E-state index in [4.69, 9.17) is 77.2 Å². The van der Waals surface area contributed by atoms with Gasteiger partial charge in [0.05, 0.1) is 65.1 Å². The molecule has 0 saturated carbocycles. The fourth-order valence-electron chi connectivity index (χ4n) is 12.1. The van der Waals surface area contributed by atoms with Gasteiger partial charge in [-0.3, -0.25) is 39.1 Å². The summed E-state index contributed by atoms with van der Waals surface area (Å²) < 4.78 is 31.7. The summed E-state index contributed by atoms with van der Waals surface area (Å²) in [7, 11) is 6.49. The number of carbonyl (C=O) groups excluding carboxylic acids is 6. The fraction of sp³-hybridized carbons (Fsp3) is 0.253. The lowest BCUT2D eigenvalue weighted by molar-refractivity contribution is -0.346. The molecule has 26 heteroatoms. The molecular formula is C83H74N8O16S2. The average Bonchev–Trinajstić information content (AvgIpc) is 1.68. The van der Waals surface area contributed by atoms with E-state index < -0.39 is 61.5 Å². The van der Waals surface area contributed by atoms with Crippen LogP contribution in [0, 0.1) is 76.6 Å². The smallest absolute Gasteiger partial charge is 0.342 e. The van der Waals surface area contributed by atoms with E-state index in [0.717, 1.165) is 65.5 Å². The number of rotatable bonds is 24. The molecule has 0 N–H and O–H groups in total. The zero-order valence-corrected chi connectivity index (χ0v) is 62.6. The number of nitrogens with zero attached hydrogens (tertiary/aromatic N) is 8. The number of benzene rings is 6. The Labute approximate surface area is 638 Å². The molecule has 2 aromatic heterocycles. The largest absolute Gasteiger partial charge is 0.436 e. The summed E-state index contributed by atoms with van der Waals surface area (Å²) in [6, 6.07) is 40.1. The number of aliphatic imine (C=N–C) groups is 4. The highest BCUT2D eigenvalue weighted by atomic mass is 32.1. The zero-order chi connectivity index (χ0) is 77.4. The summed E-state index contributed by atoms with van der Waals surface area (Å²) in [6.07, 6.45) is 17.0. The number of likely N-dealkylation sites (N-methyl/N-ethyl adjacent to an activating group) is 4. The van der Waals surface area contributed by atoms with Crippen LogP contribution in [0.25, 0.3) is 0 Å². The Kier molecular flexibility index (Phi) is 25.9. The third-order valence-corrected chi connectivity index (χ3v) is 19.9. The van der Waals surface area contributed by atoms with Crippen molar-refractivity contribution in [2.24, 2.45) is 20.0 Å². The number of esters is 2. The molecule has 0 spiro atoms. The van der Waals surface area contributed by atoms with Crippen LogP contribution in [0.3, 0.4) is 0 Å². The van der Waals surface area contributed by atoms with Crippen LogP contribution < -0.4 is 19.6 Å². The van der Waals surface area contributed by atoms with Gasteiger partial charge in [0.1, 0.15) is 13.2 Å². The van der Waals surface area contributed by atoms with E-state index in [0.29, 0.717) is 66.4 Å². The monoisotopic (exact) mass is 1500 g/mol. The van der Waals surface area contributed by atoms with Crippen LogP contribution in [0.2, 0.25) is 0 Å². The lowest BCUT2D eigenvalue weighted by atomic mass is 9.95. The molecule has 0 fully saturated rings. The van der Waals surface area contributed by atoms with Crippen molar-refractivity contribution in [2.75, 3.05) is 102 Å². The van der Waals surface area contributed by atoms with Crippen molar-refractivity contribution in [3.05, 3.63) is 232 Å². The SMILES string of the molecule is C#Cc1cc2c(s1)C(c1ccccc1C)=NC(C(=O)OCOCOCOOCC1N=C(c3ccccc3C)c3sc(C#CC)cc3N(C)C1=O)C(=O)N2C.C#Cc1ccc2c(c1)C(c1ccccc1C)=NC(COOCOCOCOC(=O)C1N=C(c3ccccc3C)c3cc(C#C)ccc3N(C)C1=O)C(=O)N2C. The molecule has 6 heterocycles. The Morgan fingerprint density at radius 2 is 0.761 bits per heavy atom. The number of hydrogen-bond donors (Lipinski definition) is 0. The highest BCUT2D eigenvalue weighted by molar-refractivity contribution is 7.16. The minimum Gasteiger partial charge on any atom is -0.436 e. The van der Waals surface area contributed by atoms with Crippen molar-refractivity contribution in [3.8, 4) is 48.9 Å². The Morgan fingerprint density at radius 3 is 1.19 bits per heavy atom. The number of thiophene rings is 2. The van der Waals surface area contributed by atoms with Crippen LogP contribution >= 0.6 is 22.7 Å². The quantitative estimate of drug-likeness (QED) is 0.0104. The van der Waals surface area contributed by atoms with Crippen LogP contribution in [0.4, 0.5) is 22.7 Å².